The van der Waals surface area contributed by atoms with Gasteiger partial charge in [-0.05, 0) is 47.8 Å². The third-order valence-electron chi connectivity index (χ3n) is 5.92. The first-order valence-corrected chi connectivity index (χ1v) is 10.8. The third-order valence-corrected chi connectivity index (χ3v) is 5.92. The van der Waals surface area contributed by atoms with Crippen LogP contribution in [0.15, 0.2) is 119 Å². The number of allylic oxidation sites excluding steroid dienone is 10. The second-order valence-electron chi connectivity index (χ2n) is 8.22. The van der Waals surface area contributed by atoms with E-state index in [1.165, 1.54) is 28.0 Å². The van der Waals surface area contributed by atoms with Gasteiger partial charge in [0.15, 0.2) is 5.71 Å². The zero-order valence-corrected chi connectivity index (χ0v) is 18.0. The highest BCUT2D eigenvalue weighted by Gasteiger charge is 2.28. The van der Waals surface area contributed by atoms with Crippen molar-refractivity contribution >= 4 is 17.2 Å². The first kappa shape index (κ1) is 19.3. The quantitative estimate of drug-likeness (QED) is 0.545. The van der Waals surface area contributed by atoms with E-state index in [0.717, 1.165) is 35.5 Å². The number of hydrogen-bond donors (Lipinski definition) is 0. The van der Waals surface area contributed by atoms with E-state index in [2.05, 4.69) is 104 Å². The van der Waals surface area contributed by atoms with Gasteiger partial charge >= 0.3 is 0 Å². The van der Waals surface area contributed by atoms with Gasteiger partial charge in [-0.1, -0.05) is 66.7 Å². The predicted molar refractivity (Wildman–Crippen MR) is 129 cm³/mol. The average molecular weight is 405 g/mol. The molecule has 0 fully saturated rings. The number of fused-ring (bicyclic) bond motifs is 1. The second kappa shape index (κ2) is 8.23. The molecule has 0 unspecified atom stereocenters. The molecule has 2 aromatic rings. The molecule has 0 saturated carbocycles. The predicted octanol–water partition coefficient (Wildman–Crippen LogP) is 6.32. The van der Waals surface area contributed by atoms with Gasteiger partial charge in [0.25, 0.3) is 0 Å². The van der Waals surface area contributed by atoms with E-state index in [9.17, 15) is 0 Å². The van der Waals surface area contributed by atoms with Gasteiger partial charge in [-0.15, -0.1) is 0 Å². The lowest BCUT2D eigenvalue weighted by Crippen LogP contribution is -2.09. The number of ether oxygens (including phenoxy) is 1. The Morgan fingerprint density at radius 3 is 2.06 bits per heavy atom. The Morgan fingerprint density at radius 1 is 0.774 bits per heavy atom. The summed E-state index contributed by atoms with van der Waals surface area (Å²) in [6.07, 6.45) is 15.3. The normalized spacial score (nSPS) is 17.5. The summed E-state index contributed by atoms with van der Waals surface area (Å²) in [4.78, 5) is 0. The maximum atomic E-state index is 6.50. The standard InChI is InChI=1S/C29H26NO/c1-30(2)25-16-13-21(14-17-25)19-24-15-18-26-27(24)20-28(22-9-5-3-6-10-22)31-29(26)23-11-7-4-8-12-23/h3-14,16-17,19-20H,15,18H2,1-2H3/q+1. The van der Waals surface area contributed by atoms with Gasteiger partial charge in [0.1, 0.15) is 25.6 Å². The fraction of sp³-hybridized carbons (Fsp3) is 0.138. The summed E-state index contributed by atoms with van der Waals surface area (Å²) in [5.41, 5.74) is 8.67. The molecule has 0 saturated heterocycles. The summed E-state index contributed by atoms with van der Waals surface area (Å²) in [5.74, 6) is 1.90. The van der Waals surface area contributed by atoms with Gasteiger partial charge in [0, 0.05) is 28.9 Å². The van der Waals surface area contributed by atoms with Crippen molar-refractivity contribution in [1.29, 1.82) is 0 Å². The summed E-state index contributed by atoms with van der Waals surface area (Å²) < 4.78 is 8.63. The van der Waals surface area contributed by atoms with Crippen LogP contribution in [0.4, 0.5) is 0 Å². The maximum Gasteiger partial charge on any atom is 0.199 e. The molecule has 31 heavy (non-hydrogen) atoms. The van der Waals surface area contributed by atoms with Crippen molar-refractivity contribution in [1.82, 2.24) is 0 Å². The molecule has 2 aliphatic carbocycles. The number of rotatable bonds is 3. The van der Waals surface area contributed by atoms with E-state index < -0.39 is 0 Å². The van der Waals surface area contributed by atoms with Crippen LogP contribution in [0, 0.1) is 0 Å². The summed E-state index contributed by atoms with van der Waals surface area (Å²) in [7, 11) is 4.14. The van der Waals surface area contributed by atoms with E-state index >= 15 is 0 Å². The maximum absolute atomic E-state index is 6.50. The molecule has 2 nitrogen and oxygen atoms in total. The Balaban J connectivity index is 1.61. The number of benzene rings is 2. The van der Waals surface area contributed by atoms with Crippen molar-refractivity contribution in [3.63, 3.8) is 0 Å². The van der Waals surface area contributed by atoms with E-state index in [-0.39, 0.29) is 0 Å². The van der Waals surface area contributed by atoms with Crippen molar-refractivity contribution in [3.05, 3.63) is 131 Å². The van der Waals surface area contributed by atoms with Crippen LogP contribution < -0.4 is 0 Å². The Hall–Kier alpha value is -3.65. The van der Waals surface area contributed by atoms with Crippen LogP contribution >= 0.6 is 0 Å². The molecule has 0 radical (unpaired) electrons. The van der Waals surface area contributed by atoms with Crippen LogP contribution in [0.5, 0.6) is 0 Å². The smallest absolute Gasteiger partial charge is 0.199 e. The summed E-state index contributed by atoms with van der Waals surface area (Å²) in [6.45, 7) is 0. The van der Waals surface area contributed by atoms with Gasteiger partial charge in [-0.25, -0.2) is 4.58 Å². The summed E-state index contributed by atoms with van der Waals surface area (Å²) in [5, 5.41) is 0. The second-order valence-corrected chi connectivity index (χ2v) is 8.22. The number of nitrogens with zero attached hydrogens (tertiary/aromatic N) is 1. The Morgan fingerprint density at radius 2 is 1.42 bits per heavy atom. The van der Waals surface area contributed by atoms with Crippen LogP contribution in [0.2, 0.25) is 0 Å². The van der Waals surface area contributed by atoms with E-state index in [1.54, 1.807) is 0 Å². The molecule has 0 bridgehead atoms. The first-order chi connectivity index (χ1) is 15.2. The lowest BCUT2D eigenvalue weighted by atomic mass is 9.96. The van der Waals surface area contributed by atoms with Crippen molar-refractivity contribution < 1.29 is 9.31 Å². The molecule has 3 aliphatic rings. The molecule has 0 atom stereocenters. The van der Waals surface area contributed by atoms with Crippen molar-refractivity contribution in [3.8, 4) is 0 Å². The van der Waals surface area contributed by atoms with Crippen molar-refractivity contribution in [2.24, 2.45) is 0 Å². The van der Waals surface area contributed by atoms with Gasteiger partial charge in [0.2, 0.25) is 0 Å². The van der Waals surface area contributed by atoms with Crippen LogP contribution in [0.25, 0.3) is 11.5 Å². The Kier molecular flexibility index (Phi) is 5.13. The summed E-state index contributed by atoms with van der Waals surface area (Å²) in [6, 6.07) is 20.8. The topological polar surface area (TPSA) is 12.2 Å². The Bertz CT molecular complexity index is 1210. The fourth-order valence-corrected chi connectivity index (χ4v) is 4.26. The molecule has 2 aromatic carbocycles. The molecule has 0 amide bonds. The van der Waals surface area contributed by atoms with Gasteiger partial charge in [-0.3, -0.25) is 0 Å². The van der Waals surface area contributed by atoms with Crippen LogP contribution in [-0.2, 0) is 4.74 Å². The van der Waals surface area contributed by atoms with E-state index in [0.29, 0.717) is 0 Å². The van der Waals surface area contributed by atoms with Crippen molar-refractivity contribution in [2.45, 2.75) is 12.8 Å². The zero-order chi connectivity index (χ0) is 21.2. The van der Waals surface area contributed by atoms with E-state index in [1.807, 2.05) is 12.1 Å². The van der Waals surface area contributed by atoms with Crippen LogP contribution in [0.1, 0.15) is 24.0 Å². The molecule has 152 valence electrons. The van der Waals surface area contributed by atoms with Gasteiger partial charge < -0.3 is 4.74 Å². The molecule has 1 heterocycles. The highest BCUT2D eigenvalue weighted by Crippen LogP contribution is 2.45. The monoisotopic (exact) mass is 404 g/mol. The third kappa shape index (κ3) is 3.89. The lowest BCUT2D eigenvalue weighted by Gasteiger charge is -2.22. The van der Waals surface area contributed by atoms with Crippen LogP contribution in [-0.4, -0.2) is 24.4 Å². The first-order valence-electron chi connectivity index (χ1n) is 10.8. The molecule has 0 spiro atoms. The number of hydrogen-bond acceptors (Lipinski definition) is 1. The molecule has 5 rings (SSSR count). The molecular weight excluding hydrogens is 378 g/mol. The largest absolute Gasteiger partial charge is 0.456 e. The lowest BCUT2D eigenvalue weighted by molar-refractivity contribution is -0.462. The average Bonchev–Trinajstić information content (AvgIpc) is 3.22. The van der Waals surface area contributed by atoms with Crippen molar-refractivity contribution in [2.75, 3.05) is 14.1 Å². The van der Waals surface area contributed by atoms with Gasteiger partial charge in [0.05, 0.1) is 0 Å². The fourth-order valence-electron chi connectivity index (χ4n) is 4.26. The highest BCUT2D eigenvalue weighted by atomic mass is 16.5. The molecule has 1 aliphatic heterocycles. The zero-order valence-electron chi connectivity index (χ0n) is 18.0. The summed E-state index contributed by atoms with van der Waals surface area (Å²) >= 11 is 0. The molecular formula is C29H26NO+. The highest BCUT2D eigenvalue weighted by molar-refractivity contribution is 6.02. The minimum atomic E-state index is 0.911. The van der Waals surface area contributed by atoms with Crippen LogP contribution in [0.3, 0.4) is 0 Å². The molecule has 0 aromatic heterocycles. The Labute approximate surface area is 184 Å². The SMILES string of the molecule is C[N+](C)=C1C=CC(=CC2=C3C=C(c4ccccc4)OC(c4ccccc4)=C3CC2)C=C1. The van der Waals surface area contributed by atoms with E-state index in [4.69, 9.17) is 4.74 Å². The molecule has 2 heteroatoms. The van der Waals surface area contributed by atoms with Gasteiger partial charge in [-0.2, -0.15) is 0 Å². The molecule has 0 N–H and O–H groups in total. The minimum Gasteiger partial charge on any atom is -0.456 e. The minimum absolute atomic E-state index is 0.911.